The Morgan fingerprint density at radius 2 is 1.84 bits per heavy atom. The van der Waals surface area contributed by atoms with Crippen molar-refractivity contribution in [2.75, 3.05) is 33.7 Å². The molecule has 0 unspecified atom stereocenters. The lowest BCUT2D eigenvalue weighted by molar-refractivity contribution is 0.323. The van der Waals surface area contributed by atoms with Crippen molar-refractivity contribution >= 4 is 11.6 Å². The van der Waals surface area contributed by atoms with Crippen molar-refractivity contribution in [1.29, 1.82) is 0 Å². The summed E-state index contributed by atoms with van der Waals surface area (Å²) in [4.78, 5) is 8.89. The van der Waals surface area contributed by atoms with Crippen LogP contribution in [0.25, 0.3) is 0 Å². The lowest BCUT2D eigenvalue weighted by Crippen LogP contribution is -2.47. The molecule has 0 saturated carbocycles. The minimum absolute atomic E-state index is 0.718. The monoisotopic (exact) mass is 263 g/mol. The summed E-state index contributed by atoms with van der Waals surface area (Å²) >= 11 is 0. The number of hydrogen-bond donors (Lipinski definition) is 2. The number of nitrogens with two attached hydrogens (primary N) is 1. The maximum absolute atomic E-state index is 5.62. The summed E-state index contributed by atoms with van der Waals surface area (Å²) in [6.45, 7) is 4.95. The van der Waals surface area contributed by atoms with Gasteiger partial charge in [0.05, 0.1) is 5.69 Å². The van der Waals surface area contributed by atoms with Gasteiger partial charge < -0.3 is 9.80 Å². The molecule has 106 valence electrons. The predicted octanol–water partition coefficient (Wildman–Crippen LogP) is 1.41. The molecule has 1 rings (SSSR count). The lowest BCUT2D eigenvalue weighted by Gasteiger charge is -2.26. The van der Waals surface area contributed by atoms with Crippen LogP contribution >= 0.6 is 0 Å². The highest BCUT2D eigenvalue weighted by atomic mass is 15.4. The van der Waals surface area contributed by atoms with Crippen LogP contribution in [0.5, 0.6) is 0 Å². The van der Waals surface area contributed by atoms with Gasteiger partial charge in [-0.1, -0.05) is 25.1 Å². The smallest absolute Gasteiger partial charge is 0.213 e. The molecule has 19 heavy (non-hydrogen) atoms. The molecular formula is C14H25N5. The first-order valence-corrected chi connectivity index (χ1v) is 6.67. The maximum Gasteiger partial charge on any atom is 0.213 e. The zero-order chi connectivity index (χ0) is 14.1. The van der Waals surface area contributed by atoms with Crippen LogP contribution < -0.4 is 11.3 Å². The summed E-state index contributed by atoms with van der Waals surface area (Å²) in [6.07, 6.45) is 1.06. The van der Waals surface area contributed by atoms with Crippen LogP contribution in [0.3, 0.4) is 0 Å². The van der Waals surface area contributed by atoms with Crippen molar-refractivity contribution < 1.29 is 0 Å². The van der Waals surface area contributed by atoms with E-state index in [1.807, 2.05) is 30.3 Å². The van der Waals surface area contributed by atoms with Gasteiger partial charge in [0.2, 0.25) is 5.96 Å². The van der Waals surface area contributed by atoms with Crippen LogP contribution in [0, 0.1) is 0 Å². The fourth-order valence-electron chi connectivity index (χ4n) is 1.73. The fraction of sp³-hybridized carbons (Fsp3) is 0.500. The standard InChI is InChI=1S/C14H25N5/c1-4-10-19(12-11-18(2)3)14(17-15)16-13-8-6-5-7-9-13/h5-9H,4,10-12,15H2,1-3H3,(H,16,17). The van der Waals surface area contributed by atoms with Gasteiger partial charge in [-0.2, -0.15) is 0 Å². The molecule has 0 bridgehead atoms. The number of hydrogen-bond acceptors (Lipinski definition) is 3. The molecule has 1 aromatic rings. The number of nitrogens with zero attached hydrogens (tertiary/aromatic N) is 3. The van der Waals surface area contributed by atoms with Gasteiger partial charge in [0.15, 0.2) is 0 Å². The van der Waals surface area contributed by atoms with Crippen molar-refractivity contribution in [3.8, 4) is 0 Å². The van der Waals surface area contributed by atoms with E-state index in [2.05, 4.69) is 41.2 Å². The molecule has 0 amide bonds. The van der Waals surface area contributed by atoms with Gasteiger partial charge in [-0.3, -0.25) is 5.43 Å². The third-order valence-electron chi connectivity index (χ3n) is 2.73. The molecule has 1 aromatic carbocycles. The molecule has 5 heteroatoms. The Bertz CT molecular complexity index is 375. The maximum atomic E-state index is 5.62. The van der Waals surface area contributed by atoms with Gasteiger partial charge in [-0.05, 0) is 32.6 Å². The Labute approximate surface area is 116 Å². The number of benzene rings is 1. The highest BCUT2D eigenvalue weighted by Gasteiger charge is 2.09. The van der Waals surface area contributed by atoms with Crippen LogP contribution in [0.2, 0.25) is 0 Å². The third kappa shape index (κ3) is 5.72. The second kappa shape index (κ2) is 8.50. The molecule has 0 aliphatic rings. The first-order valence-electron chi connectivity index (χ1n) is 6.67. The molecule has 0 atom stereocenters. The van der Waals surface area contributed by atoms with E-state index in [0.29, 0.717) is 0 Å². The first kappa shape index (κ1) is 15.5. The summed E-state index contributed by atoms with van der Waals surface area (Å²) in [5.41, 5.74) is 3.62. The average molecular weight is 263 g/mol. The predicted molar refractivity (Wildman–Crippen MR) is 81.3 cm³/mol. The van der Waals surface area contributed by atoms with Crippen molar-refractivity contribution in [3.05, 3.63) is 30.3 Å². The Morgan fingerprint density at radius 1 is 1.16 bits per heavy atom. The minimum atomic E-state index is 0.718. The molecule has 0 saturated heterocycles. The highest BCUT2D eigenvalue weighted by molar-refractivity contribution is 5.82. The molecule has 0 heterocycles. The van der Waals surface area contributed by atoms with Gasteiger partial charge in [0.25, 0.3) is 0 Å². The fourth-order valence-corrected chi connectivity index (χ4v) is 1.73. The summed E-state index contributed by atoms with van der Waals surface area (Å²) in [6, 6.07) is 9.85. The number of aliphatic imine (C=N–C) groups is 1. The molecule has 0 aliphatic heterocycles. The Balaban J connectivity index is 2.80. The van der Waals surface area contributed by atoms with E-state index in [9.17, 15) is 0 Å². The summed E-state index contributed by atoms with van der Waals surface area (Å²) < 4.78 is 0. The third-order valence-corrected chi connectivity index (χ3v) is 2.73. The van der Waals surface area contributed by atoms with E-state index in [0.717, 1.165) is 37.7 Å². The average Bonchev–Trinajstić information content (AvgIpc) is 2.42. The van der Waals surface area contributed by atoms with Crippen molar-refractivity contribution in [1.82, 2.24) is 15.2 Å². The van der Waals surface area contributed by atoms with Gasteiger partial charge in [0.1, 0.15) is 0 Å². The number of nitrogens with one attached hydrogen (secondary N) is 1. The Kier molecular flexibility index (Phi) is 6.92. The van der Waals surface area contributed by atoms with Gasteiger partial charge >= 0.3 is 0 Å². The largest absolute Gasteiger partial charge is 0.340 e. The molecule has 0 spiro atoms. The van der Waals surface area contributed by atoms with E-state index >= 15 is 0 Å². The van der Waals surface area contributed by atoms with E-state index < -0.39 is 0 Å². The molecular weight excluding hydrogens is 238 g/mol. The number of likely N-dealkylation sites (N-methyl/N-ethyl adjacent to an activating group) is 1. The summed E-state index contributed by atoms with van der Waals surface area (Å²) in [5, 5.41) is 0. The number of hydrazine groups is 1. The second-order valence-electron chi connectivity index (χ2n) is 4.71. The molecule has 5 nitrogen and oxygen atoms in total. The quantitative estimate of drug-likeness (QED) is 0.353. The SMILES string of the molecule is CCCN(CCN(C)C)C(=Nc1ccccc1)NN. The molecule has 0 aliphatic carbocycles. The van der Waals surface area contributed by atoms with Crippen LogP contribution in [-0.2, 0) is 0 Å². The summed E-state index contributed by atoms with van der Waals surface area (Å²) in [5.74, 6) is 6.34. The Morgan fingerprint density at radius 3 is 2.37 bits per heavy atom. The van der Waals surface area contributed by atoms with Crippen molar-refractivity contribution in [2.24, 2.45) is 10.8 Å². The van der Waals surface area contributed by atoms with E-state index in [1.165, 1.54) is 0 Å². The van der Waals surface area contributed by atoms with Crippen LogP contribution in [0.15, 0.2) is 35.3 Å². The zero-order valence-corrected chi connectivity index (χ0v) is 12.1. The van der Waals surface area contributed by atoms with Crippen molar-refractivity contribution in [3.63, 3.8) is 0 Å². The first-order chi connectivity index (χ1) is 9.17. The Hall–Kier alpha value is -1.59. The normalized spacial score (nSPS) is 11.7. The van der Waals surface area contributed by atoms with E-state index in [-0.39, 0.29) is 0 Å². The van der Waals surface area contributed by atoms with Crippen LogP contribution in [0.1, 0.15) is 13.3 Å². The number of para-hydroxylation sites is 1. The lowest BCUT2D eigenvalue weighted by atomic mass is 10.3. The van der Waals surface area contributed by atoms with Gasteiger partial charge in [-0.25, -0.2) is 10.8 Å². The van der Waals surface area contributed by atoms with Gasteiger partial charge in [-0.15, -0.1) is 0 Å². The molecule has 0 fully saturated rings. The summed E-state index contributed by atoms with van der Waals surface area (Å²) in [7, 11) is 4.13. The van der Waals surface area contributed by atoms with Crippen molar-refractivity contribution in [2.45, 2.75) is 13.3 Å². The van der Waals surface area contributed by atoms with Gasteiger partial charge in [0, 0.05) is 19.6 Å². The number of rotatable bonds is 6. The van der Waals surface area contributed by atoms with Crippen LogP contribution in [0.4, 0.5) is 5.69 Å². The zero-order valence-electron chi connectivity index (χ0n) is 12.1. The van der Waals surface area contributed by atoms with E-state index in [1.54, 1.807) is 0 Å². The minimum Gasteiger partial charge on any atom is -0.340 e. The molecule has 3 N–H and O–H groups in total. The van der Waals surface area contributed by atoms with E-state index in [4.69, 9.17) is 5.84 Å². The number of guanidine groups is 1. The van der Waals surface area contributed by atoms with Crippen LogP contribution in [-0.4, -0.2) is 49.5 Å². The highest BCUT2D eigenvalue weighted by Crippen LogP contribution is 2.10. The molecule has 0 radical (unpaired) electrons. The molecule has 0 aromatic heterocycles. The second-order valence-corrected chi connectivity index (χ2v) is 4.71. The topological polar surface area (TPSA) is 56.9 Å².